The van der Waals surface area contributed by atoms with E-state index in [-0.39, 0.29) is 49.0 Å². The lowest BCUT2D eigenvalue weighted by atomic mass is 9.73. The Morgan fingerprint density at radius 1 is 0.956 bits per heavy atom. The maximum Gasteiger partial charge on any atom is 0.410 e. The van der Waals surface area contributed by atoms with Gasteiger partial charge in [-0.25, -0.2) is 31.4 Å². The first-order valence-corrected chi connectivity index (χ1v) is 16.3. The second-order valence-corrected chi connectivity index (χ2v) is 15.3. The standard InChI is InChI=1S/C32H35F3N4O5S/c1-19-11-27(28-24(34)13-22(14-25(28)35)45(42,43)39-9-7-21(33)8-10-39)36-26-12-20(5-6-23(19)26)29(40)37-15-32(16-37)17-38(18-32)30(41)44-31(2,3)4/h5-6,11-14,21H,7-10,15-18H2,1-4H3. The van der Waals surface area contributed by atoms with E-state index in [2.05, 4.69) is 4.98 Å². The van der Waals surface area contributed by atoms with Gasteiger partial charge < -0.3 is 14.5 Å². The van der Waals surface area contributed by atoms with Gasteiger partial charge in [0, 0.05) is 55.6 Å². The number of aromatic nitrogens is 1. The molecule has 4 heterocycles. The van der Waals surface area contributed by atoms with Gasteiger partial charge in [0.25, 0.3) is 5.91 Å². The van der Waals surface area contributed by atoms with Crippen molar-refractivity contribution in [2.24, 2.45) is 5.41 Å². The van der Waals surface area contributed by atoms with Gasteiger partial charge >= 0.3 is 6.09 Å². The van der Waals surface area contributed by atoms with E-state index in [9.17, 15) is 22.4 Å². The van der Waals surface area contributed by atoms with E-state index in [1.165, 1.54) is 6.07 Å². The molecular formula is C32H35F3N4O5S. The summed E-state index contributed by atoms with van der Waals surface area (Å²) in [7, 11) is -4.22. The highest BCUT2D eigenvalue weighted by Gasteiger charge is 2.55. The number of rotatable bonds is 4. The molecule has 0 N–H and O–H groups in total. The molecule has 2 aromatic carbocycles. The molecule has 45 heavy (non-hydrogen) atoms. The molecule has 3 aliphatic rings. The van der Waals surface area contributed by atoms with Gasteiger partial charge in [0.1, 0.15) is 23.4 Å². The molecule has 6 rings (SSSR count). The number of likely N-dealkylation sites (tertiary alicyclic amines) is 2. The third-order valence-corrected chi connectivity index (χ3v) is 10.5. The van der Waals surface area contributed by atoms with Gasteiger partial charge in [-0.3, -0.25) is 4.79 Å². The van der Waals surface area contributed by atoms with Crippen LogP contribution in [0.3, 0.4) is 0 Å². The summed E-state index contributed by atoms with van der Waals surface area (Å²) in [6.07, 6.45) is -1.42. The van der Waals surface area contributed by atoms with Crippen LogP contribution in [0.25, 0.3) is 22.2 Å². The Hall–Kier alpha value is -3.71. The summed E-state index contributed by atoms with van der Waals surface area (Å²) in [5, 5.41) is 0.693. The highest BCUT2D eigenvalue weighted by atomic mass is 32.2. The van der Waals surface area contributed by atoms with Gasteiger partial charge in [0.2, 0.25) is 10.0 Å². The second kappa shape index (κ2) is 11.0. The first-order chi connectivity index (χ1) is 21.0. The van der Waals surface area contributed by atoms with Crippen molar-refractivity contribution in [3.63, 3.8) is 0 Å². The van der Waals surface area contributed by atoms with Crippen LogP contribution in [0, 0.1) is 24.0 Å². The Morgan fingerprint density at radius 2 is 1.56 bits per heavy atom. The number of sulfonamides is 1. The molecule has 2 amide bonds. The Kier molecular flexibility index (Phi) is 7.63. The monoisotopic (exact) mass is 644 g/mol. The van der Waals surface area contributed by atoms with Gasteiger partial charge in [-0.2, -0.15) is 4.31 Å². The summed E-state index contributed by atoms with van der Waals surface area (Å²) >= 11 is 0. The average molecular weight is 645 g/mol. The zero-order chi connectivity index (χ0) is 32.5. The number of nitrogens with zero attached hydrogens (tertiary/aromatic N) is 4. The van der Waals surface area contributed by atoms with Crippen molar-refractivity contribution >= 4 is 32.9 Å². The van der Waals surface area contributed by atoms with E-state index in [1.807, 2.05) is 20.8 Å². The number of amides is 2. The molecular weight excluding hydrogens is 609 g/mol. The van der Waals surface area contributed by atoms with Crippen molar-refractivity contribution in [3.8, 4) is 11.3 Å². The number of halogens is 3. The van der Waals surface area contributed by atoms with Crippen molar-refractivity contribution < 1.29 is 35.9 Å². The second-order valence-electron chi connectivity index (χ2n) is 13.4. The Labute approximate surface area is 260 Å². The van der Waals surface area contributed by atoms with Gasteiger partial charge in [0.15, 0.2) is 0 Å². The number of pyridine rings is 1. The number of hydrogen-bond donors (Lipinski definition) is 0. The third kappa shape index (κ3) is 5.87. The van der Waals surface area contributed by atoms with Crippen LogP contribution >= 0.6 is 0 Å². The maximum atomic E-state index is 15.4. The number of ether oxygens (including phenoxy) is 1. The lowest BCUT2D eigenvalue weighted by molar-refractivity contribution is -0.0980. The number of benzene rings is 2. The molecule has 3 aromatic rings. The van der Waals surface area contributed by atoms with Gasteiger partial charge in [-0.15, -0.1) is 0 Å². The van der Waals surface area contributed by atoms with Crippen LogP contribution in [0.2, 0.25) is 0 Å². The average Bonchev–Trinajstić information content (AvgIpc) is 2.90. The third-order valence-electron chi connectivity index (χ3n) is 8.60. The molecule has 3 fully saturated rings. The SMILES string of the molecule is Cc1cc(-c2c(F)cc(S(=O)(=O)N3CCC(F)CC3)cc2F)nc2cc(C(=O)N3CC4(CN(C(=O)OC(C)(C)C)C4)C3)ccc12. The molecule has 9 nitrogen and oxygen atoms in total. The Balaban J connectivity index is 1.20. The van der Waals surface area contributed by atoms with Crippen LogP contribution in [0.15, 0.2) is 41.3 Å². The molecule has 0 atom stereocenters. The van der Waals surface area contributed by atoms with Gasteiger partial charge in [-0.1, -0.05) is 6.07 Å². The van der Waals surface area contributed by atoms with Crippen molar-refractivity contribution in [2.75, 3.05) is 39.3 Å². The lowest BCUT2D eigenvalue weighted by Gasteiger charge is -2.59. The minimum Gasteiger partial charge on any atom is -0.444 e. The zero-order valence-corrected chi connectivity index (χ0v) is 26.4. The van der Waals surface area contributed by atoms with E-state index in [1.54, 1.807) is 34.9 Å². The number of alkyl halides is 1. The fourth-order valence-electron chi connectivity index (χ4n) is 6.33. The fraction of sp³-hybridized carbons (Fsp3) is 0.469. The van der Waals surface area contributed by atoms with E-state index in [0.29, 0.717) is 48.2 Å². The topological polar surface area (TPSA) is 100 Å². The molecule has 1 aromatic heterocycles. The van der Waals surface area contributed by atoms with E-state index < -0.39 is 43.9 Å². The van der Waals surface area contributed by atoms with E-state index in [0.717, 1.165) is 16.4 Å². The summed E-state index contributed by atoms with van der Waals surface area (Å²) in [5.41, 5.74) is 0.131. The summed E-state index contributed by atoms with van der Waals surface area (Å²) in [6.45, 7) is 9.07. The molecule has 0 unspecified atom stereocenters. The minimum atomic E-state index is -4.22. The van der Waals surface area contributed by atoms with Crippen LogP contribution in [0.5, 0.6) is 0 Å². The van der Waals surface area contributed by atoms with Crippen LogP contribution in [-0.4, -0.2) is 90.5 Å². The molecule has 0 aliphatic carbocycles. The number of hydrogen-bond acceptors (Lipinski definition) is 6. The quantitative estimate of drug-likeness (QED) is 0.382. The molecule has 0 bridgehead atoms. The van der Waals surface area contributed by atoms with Crippen LogP contribution in [0.4, 0.5) is 18.0 Å². The summed E-state index contributed by atoms with van der Waals surface area (Å²) in [6, 6.07) is 8.04. The predicted octanol–water partition coefficient (Wildman–Crippen LogP) is 5.30. The molecule has 0 radical (unpaired) electrons. The molecule has 3 aliphatic heterocycles. The van der Waals surface area contributed by atoms with Crippen molar-refractivity contribution in [1.29, 1.82) is 0 Å². The van der Waals surface area contributed by atoms with Crippen LogP contribution < -0.4 is 0 Å². The number of aryl methyl sites for hydroxylation is 1. The number of piperidine rings is 1. The van der Waals surface area contributed by atoms with Gasteiger partial charge in [-0.05, 0) is 76.4 Å². The molecule has 0 saturated carbocycles. The highest BCUT2D eigenvalue weighted by Crippen LogP contribution is 2.41. The zero-order valence-electron chi connectivity index (χ0n) is 25.6. The molecule has 13 heteroatoms. The van der Waals surface area contributed by atoms with E-state index >= 15 is 8.78 Å². The number of fused-ring (bicyclic) bond motifs is 1. The first kappa shape index (κ1) is 31.3. The highest BCUT2D eigenvalue weighted by molar-refractivity contribution is 7.89. The maximum absolute atomic E-state index is 15.4. The Bertz CT molecular complexity index is 1780. The number of carbonyl (C=O) groups is 2. The van der Waals surface area contributed by atoms with E-state index in [4.69, 9.17) is 4.74 Å². The number of carbonyl (C=O) groups excluding carboxylic acids is 2. The lowest BCUT2D eigenvalue weighted by Crippen LogP contribution is -2.73. The fourth-order valence-corrected chi connectivity index (χ4v) is 7.82. The van der Waals surface area contributed by atoms with Crippen LogP contribution in [0.1, 0.15) is 49.5 Å². The minimum absolute atomic E-state index is 0.0262. The van der Waals surface area contributed by atoms with Crippen molar-refractivity contribution in [1.82, 2.24) is 19.1 Å². The predicted molar refractivity (Wildman–Crippen MR) is 161 cm³/mol. The smallest absolute Gasteiger partial charge is 0.410 e. The molecule has 240 valence electrons. The van der Waals surface area contributed by atoms with Gasteiger partial charge in [0.05, 0.1) is 21.7 Å². The van der Waals surface area contributed by atoms with Crippen molar-refractivity contribution in [2.45, 2.75) is 57.2 Å². The molecule has 1 spiro atoms. The summed E-state index contributed by atoms with van der Waals surface area (Å²) in [5.74, 6) is -2.41. The largest absolute Gasteiger partial charge is 0.444 e. The summed E-state index contributed by atoms with van der Waals surface area (Å²) in [4.78, 5) is 32.9. The normalized spacial score (nSPS) is 19.0. The van der Waals surface area contributed by atoms with Crippen LogP contribution in [-0.2, 0) is 14.8 Å². The molecule has 3 saturated heterocycles. The van der Waals surface area contributed by atoms with Crippen molar-refractivity contribution in [3.05, 3.63) is 59.2 Å². The first-order valence-electron chi connectivity index (χ1n) is 14.9. The summed E-state index contributed by atoms with van der Waals surface area (Å²) < 4.78 is 76.8. The Morgan fingerprint density at radius 3 is 2.16 bits per heavy atom.